The smallest absolute Gasteiger partial charge is 0.253 e. The molecule has 1 aliphatic rings. The first-order valence-electron chi connectivity index (χ1n) is 11.3. The second-order valence-corrected chi connectivity index (χ2v) is 8.97. The van der Waals surface area contributed by atoms with Crippen molar-refractivity contribution < 1.29 is 4.74 Å². The fourth-order valence-electron chi connectivity index (χ4n) is 4.22. The van der Waals surface area contributed by atoms with Gasteiger partial charge in [-0.15, -0.1) is 0 Å². The number of pyridine rings is 1. The van der Waals surface area contributed by atoms with Crippen LogP contribution in [0.15, 0.2) is 53.3 Å². The highest BCUT2D eigenvalue weighted by Crippen LogP contribution is 2.20. The van der Waals surface area contributed by atoms with Crippen molar-refractivity contribution in [3.63, 3.8) is 0 Å². The SMILES string of the molecule is Cc1ccc2cc(CN(CC3CCCO3)C(=S)NCCc3ccccc3)c(=O)[nH]c2c1C. The number of ether oxygens (including phenoxy) is 1. The molecule has 2 heterocycles. The molecule has 2 aromatic carbocycles. The average molecular weight is 450 g/mol. The van der Waals surface area contributed by atoms with Crippen LogP contribution in [0.25, 0.3) is 10.9 Å². The Labute approximate surface area is 194 Å². The van der Waals surface area contributed by atoms with Crippen molar-refractivity contribution in [3.8, 4) is 0 Å². The molecule has 1 saturated heterocycles. The molecule has 1 atom stereocenters. The van der Waals surface area contributed by atoms with Gasteiger partial charge in [0.2, 0.25) is 0 Å². The number of H-pyrrole nitrogens is 1. The molecule has 0 spiro atoms. The standard InChI is InChI=1S/C26H31N3O2S/c1-18-10-11-21-15-22(25(30)28-24(21)19(18)2)16-29(17-23-9-6-14-31-23)26(32)27-13-12-20-7-4-3-5-8-20/h3-5,7-8,10-11,15,23H,6,9,12-14,16-17H2,1-2H3,(H,27,32)(H,28,30). The second kappa shape index (κ2) is 10.3. The monoisotopic (exact) mass is 449 g/mol. The summed E-state index contributed by atoms with van der Waals surface area (Å²) in [6.07, 6.45) is 3.13. The third-order valence-electron chi connectivity index (χ3n) is 6.26. The van der Waals surface area contributed by atoms with E-state index in [0.717, 1.165) is 48.9 Å². The van der Waals surface area contributed by atoms with Crippen LogP contribution in [0.5, 0.6) is 0 Å². The molecule has 4 rings (SSSR count). The predicted molar refractivity (Wildman–Crippen MR) is 134 cm³/mol. The number of aryl methyl sites for hydroxylation is 2. The van der Waals surface area contributed by atoms with Gasteiger partial charge in [0.1, 0.15) is 0 Å². The van der Waals surface area contributed by atoms with E-state index in [2.05, 4.69) is 46.4 Å². The number of rotatable bonds is 7. The Morgan fingerprint density at radius 2 is 2.03 bits per heavy atom. The number of thiocarbonyl (C=S) groups is 1. The Balaban J connectivity index is 1.51. The maximum absolute atomic E-state index is 12.9. The predicted octanol–water partition coefficient (Wildman–Crippen LogP) is 4.24. The second-order valence-electron chi connectivity index (χ2n) is 8.58. The molecule has 0 radical (unpaired) electrons. The lowest BCUT2D eigenvalue weighted by Crippen LogP contribution is -2.44. The summed E-state index contributed by atoms with van der Waals surface area (Å²) in [4.78, 5) is 18.1. The van der Waals surface area contributed by atoms with Gasteiger partial charge in [0.15, 0.2) is 5.11 Å². The summed E-state index contributed by atoms with van der Waals surface area (Å²) in [7, 11) is 0. The van der Waals surface area contributed by atoms with E-state index in [1.165, 1.54) is 11.1 Å². The number of nitrogens with zero attached hydrogens (tertiary/aromatic N) is 1. The van der Waals surface area contributed by atoms with E-state index in [0.29, 0.717) is 23.8 Å². The summed E-state index contributed by atoms with van der Waals surface area (Å²) in [6, 6.07) is 16.5. The quantitative estimate of drug-likeness (QED) is 0.529. The first-order valence-corrected chi connectivity index (χ1v) is 11.7. The molecule has 1 aliphatic heterocycles. The molecule has 168 valence electrons. The number of aromatic nitrogens is 1. The summed E-state index contributed by atoms with van der Waals surface area (Å²) in [5, 5.41) is 5.10. The number of hydrogen-bond acceptors (Lipinski definition) is 3. The van der Waals surface area contributed by atoms with Crippen LogP contribution in [0.3, 0.4) is 0 Å². The van der Waals surface area contributed by atoms with Gasteiger partial charge < -0.3 is 19.9 Å². The van der Waals surface area contributed by atoms with Crippen LogP contribution >= 0.6 is 12.2 Å². The zero-order valence-electron chi connectivity index (χ0n) is 18.8. The van der Waals surface area contributed by atoms with Crippen molar-refractivity contribution in [1.29, 1.82) is 0 Å². The largest absolute Gasteiger partial charge is 0.376 e. The van der Waals surface area contributed by atoms with Gasteiger partial charge in [-0.25, -0.2) is 0 Å². The lowest BCUT2D eigenvalue weighted by atomic mass is 10.0. The first kappa shape index (κ1) is 22.5. The fraction of sp³-hybridized carbons (Fsp3) is 0.385. The van der Waals surface area contributed by atoms with Gasteiger partial charge in [0.25, 0.3) is 5.56 Å². The van der Waals surface area contributed by atoms with Crippen molar-refractivity contribution >= 4 is 28.2 Å². The van der Waals surface area contributed by atoms with E-state index in [4.69, 9.17) is 17.0 Å². The normalized spacial score (nSPS) is 15.8. The summed E-state index contributed by atoms with van der Waals surface area (Å²) >= 11 is 5.75. The molecule has 0 bridgehead atoms. The van der Waals surface area contributed by atoms with Crippen molar-refractivity contribution in [3.05, 3.63) is 81.1 Å². The molecule has 1 aromatic heterocycles. The van der Waals surface area contributed by atoms with E-state index in [-0.39, 0.29) is 11.7 Å². The summed E-state index contributed by atoms with van der Waals surface area (Å²) in [6.45, 7) is 6.78. The van der Waals surface area contributed by atoms with Crippen LogP contribution in [-0.4, -0.2) is 40.8 Å². The molecule has 32 heavy (non-hydrogen) atoms. The molecule has 0 amide bonds. The third-order valence-corrected chi connectivity index (χ3v) is 6.66. The van der Waals surface area contributed by atoms with Gasteiger partial charge in [-0.1, -0.05) is 42.5 Å². The highest BCUT2D eigenvalue weighted by Gasteiger charge is 2.22. The van der Waals surface area contributed by atoms with E-state index in [1.807, 2.05) is 31.2 Å². The molecule has 3 aromatic rings. The van der Waals surface area contributed by atoms with Crippen LogP contribution in [0.4, 0.5) is 0 Å². The molecular weight excluding hydrogens is 418 g/mol. The Bertz CT molecular complexity index is 1140. The maximum Gasteiger partial charge on any atom is 0.253 e. The van der Waals surface area contributed by atoms with Crippen LogP contribution in [0.2, 0.25) is 0 Å². The van der Waals surface area contributed by atoms with E-state index in [1.54, 1.807) is 0 Å². The zero-order valence-corrected chi connectivity index (χ0v) is 19.6. The Morgan fingerprint density at radius 3 is 2.78 bits per heavy atom. The van der Waals surface area contributed by atoms with Crippen molar-refractivity contribution in [2.75, 3.05) is 19.7 Å². The minimum Gasteiger partial charge on any atom is -0.376 e. The maximum atomic E-state index is 12.9. The zero-order chi connectivity index (χ0) is 22.5. The number of nitrogens with one attached hydrogen (secondary N) is 2. The highest BCUT2D eigenvalue weighted by atomic mass is 32.1. The van der Waals surface area contributed by atoms with Crippen LogP contribution in [0, 0.1) is 13.8 Å². The first-order chi connectivity index (χ1) is 15.5. The van der Waals surface area contributed by atoms with Crippen LogP contribution in [0.1, 0.15) is 35.1 Å². The summed E-state index contributed by atoms with van der Waals surface area (Å²) in [5.74, 6) is 0. The molecular formula is C26H31N3O2S. The molecule has 2 N–H and O–H groups in total. The van der Waals surface area contributed by atoms with Crippen LogP contribution < -0.4 is 10.9 Å². The van der Waals surface area contributed by atoms with Gasteiger partial charge in [0, 0.05) is 25.3 Å². The van der Waals surface area contributed by atoms with Gasteiger partial charge in [-0.3, -0.25) is 4.79 Å². The number of benzene rings is 2. The number of hydrogen-bond donors (Lipinski definition) is 2. The molecule has 1 unspecified atom stereocenters. The fourth-order valence-corrected chi connectivity index (χ4v) is 4.46. The molecule has 0 saturated carbocycles. The van der Waals surface area contributed by atoms with Crippen molar-refractivity contribution in [1.82, 2.24) is 15.2 Å². The van der Waals surface area contributed by atoms with E-state index in [9.17, 15) is 4.79 Å². The van der Waals surface area contributed by atoms with Gasteiger partial charge in [-0.2, -0.15) is 0 Å². The van der Waals surface area contributed by atoms with Crippen molar-refractivity contribution in [2.24, 2.45) is 0 Å². The van der Waals surface area contributed by atoms with Gasteiger partial charge in [0.05, 0.1) is 18.2 Å². The Hall–Kier alpha value is -2.70. The van der Waals surface area contributed by atoms with Crippen LogP contribution in [-0.2, 0) is 17.7 Å². The lowest BCUT2D eigenvalue weighted by molar-refractivity contribution is 0.0897. The van der Waals surface area contributed by atoms with Gasteiger partial charge >= 0.3 is 0 Å². The lowest BCUT2D eigenvalue weighted by Gasteiger charge is -2.28. The summed E-state index contributed by atoms with van der Waals surface area (Å²) < 4.78 is 5.86. The average Bonchev–Trinajstić information content (AvgIpc) is 3.31. The highest BCUT2D eigenvalue weighted by molar-refractivity contribution is 7.80. The number of aromatic amines is 1. The summed E-state index contributed by atoms with van der Waals surface area (Å²) in [5.41, 5.74) is 5.12. The molecule has 0 aliphatic carbocycles. The molecule has 1 fully saturated rings. The Kier molecular flexibility index (Phi) is 7.22. The van der Waals surface area contributed by atoms with E-state index < -0.39 is 0 Å². The molecule has 5 nitrogen and oxygen atoms in total. The van der Waals surface area contributed by atoms with Gasteiger partial charge in [-0.05, 0) is 73.5 Å². The van der Waals surface area contributed by atoms with Crippen molar-refractivity contribution in [2.45, 2.75) is 45.8 Å². The minimum absolute atomic E-state index is 0.0596. The Morgan fingerprint density at radius 1 is 1.22 bits per heavy atom. The minimum atomic E-state index is -0.0596. The third kappa shape index (κ3) is 5.37. The topological polar surface area (TPSA) is 57.4 Å². The number of fused-ring (bicyclic) bond motifs is 1. The van der Waals surface area contributed by atoms with E-state index >= 15 is 0 Å². The molecule has 6 heteroatoms.